The molecule has 2 N–H and O–H groups in total. The number of nitrogens with zero attached hydrogens (tertiary/aromatic N) is 1. The number of thioether (sulfide) groups is 1. The van der Waals surface area contributed by atoms with Crippen molar-refractivity contribution >= 4 is 33.2 Å². The highest BCUT2D eigenvalue weighted by Crippen LogP contribution is 2.24. The van der Waals surface area contributed by atoms with E-state index in [4.69, 9.17) is 9.47 Å². The number of para-hydroxylation sites is 2. The van der Waals surface area contributed by atoms with Crippen LogP contribution in [0.25, 0.3) is 0 Å². The Bertz CT molecular complexity index is 1240. The normalized spacial score (nSPS) is 11.0. The Morgan fingerprint density at radius 2 is 1.81 bits per heavy atom. The standard InChI is InChI=1S/C20H19N3O6S2/c1-28-13-7-9-14(10-8-13)31(26,27)17-11-21-20(23-19(17)25)30-12-18(24)22-15-5-3-4-6-16(15)29-2/h3-11H,12H2,1-2H3,(H,22,24)(H,21,23,25). The number of nitrogens with one attached hydrogen (secondary N) is 2. The molecule has 0 unspecified atom stereocenters. The summed E-state index contributed by atoms with van der Waals surface area (Å²) in [6.07, 6.45) is 0.985. The largest absolute Gasteiger partial charge is 0.497 e. The second kappa shape index (κ2) is 9.67. The predicted octanol–water partition coefficient (Wildman–Crippen LogP) is 2.35. The van der Waals surface area contributed by atoms with E-state index in [9.17, 15) is 18.0 Å². The molecule has 0 radical (unpaired) electrons. The number of aromatic nitrogens is 2. The molecule has 0 spiro atoms. The number of rotatable bonds is 8. The van der Waals surface area contributed by atoms with Gasteiger partial charge in [0.15, 0.2) is 10.1 Å². The van der Waals surface area contributed by atoms with Gasteiger partial charge in [-0.3, -0.25) is 9.59 Å². The summed E-state index contributed by atoms with van der Waals surface area (Å²) in [6.45, 7) is 0. The molecule has 9 nitrogen and oxygen atoms in total. The van der Waals surface area contributed by atoms with Gasteiger partial charge in [0.05, 0.1) is 36.8 Å². The van der Waals surface area contributed by atoms with E-state index in [1.54, 1.807) is 24.3 Å². The zero-order valence-electron chi connectivity index (χ0n) is 16.6. The first-order chi connectivity index (χ1) is 14.8. The third kappa shape index (κ3) is 5.25. The Kier molecular flexibility index (Phi) is 6.98. The van der Waals surface area contributed by atoms with Crippen LogP contribution >= 0.6 is 11.8 Å². The second-order valence-electron chi connectivity index (χ2n) is 6.10. The zero-order valence-corrected chi connectivity index (χ0v) is 18.2. The van der Waals surface area contributed by atoms with Crippen molar-refractivity contribution in [3.05, 3.63) is 65.1 Å². The molecular weight excluding hydrogens is 442 g/mol. The lowest BCUT2D eigenvalue weighted by atomic mass is 10.3. The molecule has 0 atom stereocenters. The van der Waals surface area contributed by atoms with E-state index in [2.05, 4.69) is 15.3 Å². The first-order valence-corrected chi connectivity index (χ1v) is 11.4. The van der Waals surface area contributed by atoms with Crippen LogP contribution in [0.3, 0.4) is 0 Å². The number of H-pyrrole nitrogens is 1. The van der Waals surface area contributed by atoms with E-state index in [-0.39, 0.29) is 21.7 Å². The molecule has 1 heterocycles. The molecule has 1 amide bonds. The lowest BCUT2D eigenvalue weighted by Gasteiger charge is -2.09. The van der Waals surface area contributed by atoms with Crippen molar-refractivity contribution in [1.29, 1.82) is 0 Å². The number of methoxy groups -OCH3 is 2. The van der Waals surface area contributed by atoms with Crippen molar-refractivity contribution in [2.75, 3.05) is 25.3 Å². The summed E-state index contributed by atoms with van der Waals surface area (Å²) in [4.78, 5) is 30.4. The topological polar surface area (TPSA) is 127 Å². The van der Waals surface area contributed by atoms with E-state index in [1.807, 2.05) is 0 Å². The number of ether oxygens (including phenoxy) is 2. The molecule has 3 aromatic rings. The number of benzene rings is 2. The fraction of sp³-hybridized carbons (Fsp3) is 0.150. The molecule has 0 saturated carbocycles. The van der Waals surface area contributed by atoms with Crippen molar-refractivity contribution < 1.29 is 22.7 Å². The van der Waals surface area contributed by atoms with Crippen molar-refractivity contribution in [2.45, 2.75) is 14.9 Å². The molecule has 31 heavy (non-hydrogen) atoms. The van der Waals surface area contributed by atoms with Gasteiger partial charge in [-0.05, 0) is 36.4 Å². The minimum absolute atomic E-state index is 0.0500. The zero-order chi connectivity index (χ0) is 22.4. The summed E-state index contributed by atoms with van der Waals surface area (Å²) >= 11 is 0.965. The summed E-state index contributed by atoms with van der Waals surface area (Å²) < 4.78 is 35.6. The molecule has 0 fully saturated rings. The Morgan fingerprint density at radius 3 is 2.45 bits per heavy atom. The van der Waals surface area contributed by atoms with E-state index in [1.165, 1.54) is 38.5 Å². The highest BCUT2D eigenvalue weighted by Gasteiger charge is 2.22. The summed E-state index contributed by atoms with van der Waals surface area (Å²) in [5, 5.41) is 2.82. The first-order valence-electron chi connectivity index (χ1n) is 8.89. The number of hydrogen-bond donors (Lipinski definition) is 2. The molecule has 2 aromatic carbocycles. The number of sulfone groups is 1. The van der Waals surface area contributed by atoms with Gasteiger partial charge in [-0.2, -0.15) is 0 Å². The molecule has 0 bridgehead atoms. The Morgan fingerprint density at radius 1 is 1.10 bits per heavy atom. The molecule has 162 valence electrons. The van der Waals surface area contributed by atoms with Gasteiger partial charge < -0.3 is 19.8 Å². The van der Waals surface area contributed by atoms with E-state index >= 15 is 0 Å². The number of anilines is 1. The van der Waals surface area contributed by atoms with Crippen LogP contribution in [0.5, 0.6) is 11.5 Å². The molecule has 0 saturated heterocycles. The highest BCUT2D eigenvalue weighted by molar-refractivity contribution is 7.99. The average molecular weight is 462 g/mol. The smallest absolute Gasteiger partial charge is 0.270 e. The van der Waals surface area contributed by atoms with Crippen LogP contribution in [-0.4, -0.2) is 44.3 Å². The Hall–Kier alpha value is -3.31. The van der Waals surface area contributed by atoms with Gasteiger partial charge in [-0.1, -0.05) is 23.9 Å². The summed E-state index contributed by atoms with van der Waals surface area (Å²) in [5.41, 5.74) is -0.309. The fourth-order valence-electron chi connectivity index (χ4n) is 2.58. The molecule has 0 aliphatic rings. The molecule has 0 aliphatic carbocycles. The number of amides is 1. The van der Waals surface area contributed by atoms with Gasteiger partial charge in [-0.15, -0.1) is 0 Å². The van der Waals surface area contributed by atoms with Crippen LogP contribution < -0.4 is 20.3 Å². The van der Waals surface area contributed by atoms with Crippen molar-refractivity contribution in [3.63, 3.8) is 0 Å². The lowest BCUT2D eigenvalue weighted by molar-refractivity contribution is -0.113. The van der Waals surface area contributed by atoms with Crippen molar-refractivity contribution in [3.8, 4) is 11.5 Å². The van der Waals surface area contributed by atoms with Gasteiger partial charge in [-0.25, -0.2) is 13.4 Å². The van der Waals surface area contributed by atoms with Crippen LogP contribution in [0.15, 0.2) is 74.5 Å². The third-order valence-corrected chi connectivity index (χ3v) is 6.77. The van der Waals surface area contributed by atoms with Crippen LogP contribution in [0.2, 0.25) is 0 Å². The maximum absolute atomic E-state index is 12.7. The molecule has 1 aromatic heterocycles. The SMILES string of the molecule is COc1ccc(S(=O)(=O)c2cnc(SCC(=O)Nc3ccccc3OC)[nH]c2=O)cc1. The monoisotopic (exact) mass is 461 g/mol. The minimum Gasteiger partial charge on any atom is -0.497 e. The van der Waals surface area contributed by atoms with Crippen LogP contribution in [0.4, 0.5) is 5.69 Å². The molecule has 0 aliphatic heterocycles. The van der Waals surface area contributed by atoms with Gasteiger partial charge >= 0.3 is 0 Å². The fourth-order valence-corrected chi connectivity index (χ4v) is 4.45. The van der Waals surface area contributed by atoms with Gasteiger partial charge in [0.2, 0.25) is 15.7 Å². The van der Waals surface area contributed by atoms with Gasteiger partial charge in [0.1, 0.15) is 11.5 Å². The summed E-state index contributed by atoms with van der Waals surface area (Å²) in [7, 11) is -1.10. The van der Waals surface area contributed by atoms with E-state index in [0.29, 0.717) is 17.2 Å². The van der Waals surface area contributed by atoms with E-state index in [0.717, 1.165) is 18.0 Å². The van der Waals surface area contributed by atoms with Crippen LogP contribution in [0, 0.1) is 0 Å². The Balaban J connectivity index is 1.70. The number of carbonyl (C=O) groups is 1. The second-order valence-corrected chi connectivity index (χ2v) is 8.98. The minimum atomic E-state index is -4.06. The number of carbonyl (C=O) groups excluding carboxylic acids is 1. The third-order valence-electron chi connectivity index (χ3n) is 4.12. The Labute approximate surface area is 182 Å². The predicted molar refractivity (Wildman–Crippen MR) is 116 cm³/mol. The van der Waals surface area contributed by atoms with E-state index < -0.39 is 20.3 Å². The van der Waals surface area contributed by atoms with Gasteiger partial charge in [0, 0.05) is 0 Å². The quantitative estimate of drug-likeness (QED) is 0.387. The van der Waals surface area contributed by atoms with Crippen molar-refractivity contribution in [2.24, 2.45) is 0 Å². The molecule has 11 heteroatoms. The first kappa shape index (κ1) is 22.4. The van der Waals surface area contributed by atoms with Gasteiger partial charge in [0.25, 0.3) is 5.56 Å². The average Bonchev–Trinajstić information content (AvgIpc) is 2.78. The number of aromatic amines is 1. The number of hydrogen-bond acceptors (Lipinski definition) is 8. The lowest BCUT2D eigenvalue weighted by Crippen LogP contribution is -2.20. The van der Waals surface area contributed by atoms with Crippen LogP contribution in [0.1, 0.15) is 0 Å². The summed E-state index contributed by atoms with van der Waals surface area (Å²) in [5.74, 6) is 0.614. The van der Waals surface area contributed by atoms with Crippen LogP contribution in [-0.2, 0) is 14.6 Å². The maximum atomic E-state index is 12.7. The van der Waals surface area contributed by atoms with Crippen molar-refractivity contribution in [1.82, 2.24) is 9.97 Å². The molecule has 3 rings (SSSR count). The molecular formula is C20H19N3O6S2. The maximum Gasteiger partial charge on any atom is 0.270 e. The highest BCUT2D eigenvalue weighted by atomic mass is 32.2. The summed E-state index contributed by atoms with van der Waals surface area (Å²) in [6, 6.07) is 12.6.